The quantitative estimate of drug-likeness (QED) is 0.784. The number of halogens is 1. The molecule has 0 saturated carbocycles. The third-order valence-electron chi connectivity index (χ3n) is 3.65. The summed E-state index contributed by atoms with van der Waals surface area (Å²) in [7, 11) is 0. The van der Waals surface area contributed by atoms with E-state index in [4.69, 9.17) is 4.74 Å². The molecule has 0 fully saturated rings. The molecule has 0 saturated heterocycles. The van der Waals surface area contributed by atoms with E-state index < -0.39 is 0 Å². The fourth-order valence-corrected chi connectivity index (χ4v) is 2.61. The van der Waals surface area contributed by atoms with Crippen molar-refractivity contribution >= 4 is 21.8 Å². The fraction of sp³-hybridized carbons (Fsp3) is 0.316. The molecule has 0 aliphatic rings. The second kappa shape index (κ2) is 8.16. The predicted octanol–water partition coefficient (Wildman–Crippen LogP) is 4.83. The Labute approximate surface area is 146 Å². The molecule has 0 radical (unpaired) electrons. The molecule has 0 heterocycles. The summed E-state index contributed by atoms with van der Waals surface area (Å²) in [4.78, 5) is 12.1. The molecule has 0 bridgehead atoms. The standard InChI is InChI=1S/C19H22BrNO2/c1-13(2)17-6-4-5-7-18(17)23-12-19(22)21-14(3)15-8-10-16(20)11-9-15/h4-11,13-14H,12H2,1-3H3,(H,21,22)/t14-/m1/s1. The highest BCUT2D eigenvalue weighted by Crippen LogP contribution is 2.25. The first-order chi connectivity index (χ1) is 11.0. The number of hydrogen-bond acceptors (Lipinski definition) is 2. The Balaban J connectivity index is 1.91. The van der Waals surface area contributed by atoms with Crippen molar-refractivity contribution in [3.05, 3.63) is 64.1 Å². The van der Waals surface area contributed by atoms with Gasteiger partial charge in [0.2, 0.25) is 0 Å². The zero-order chi connectivity index (χ0) is 16.8. The summed E-state index contributed by atoms with van der Waals surface area (Å²) in [6.07, 6.45) is 0. The smallest absolute Gasteiger partial charge is 0.258 e. The van der Waals surface area contributed by atoms with E-state index in [1.54, 1.807) is 0 Å². The molecule has 0 aliphatic carbocycles. The summed E-state index contributed by atoms with van der Waals surface area (Å²) in [6, 6.07) is 15.7. The van der Waals surface area contributed by atoms with Crippen LogP contribution in [-0.2, 0) is 4.79 Å². The van der Waals surface area contributed by atoms with Gasteiger partial charge in [0.1, 0.15) is 5.75 Å². The van der Waals surface area contributed by atoms with E-state index in [1.807, 2.05) is 55.5 Å². The lowest BCUT2D eigenvalue weighted by Crippen LogP contribution is -2.31. The van der Waals surface area contributed by atoms with Crippen molar-refractivity contribution in [2.24, 2.45) is 0 Å². The lowest BCUT2D eigenvalue weighted by Gasteiger charge is -2.16. The van der Waals surface area contributed by atoms with Crippen molar-refractivity contribution in [1.29, 1.82) is 0 Å². The zero-order valence-electron chi connectivity index (χ0n) is 13.7. The lowest BCUT2D eigenvalue weighted by atomic mass is 10.0. The van der Waals surface area contributed by atoms with Crippen molar-refractivity contribution in [3.63, 3.8) is 0 Å². The van der Waals surface area contributed by atoms with E-state index >= 15 is 0 Å². The third-order valence-corrected chi connectivity index (χ3v) is 4.18. The maximum atomic E-state index is 12.1. The maximum absolute atomic E-state index is 12.1. The lowest BCUT2D eigenvalue weighted by molar-refractivity contribution is -0.123. The van der Waals surface area contributed by atoms with Crippen LogP contribution in [0.2, 0.25) is 0 Å². The number of rotatable bonds is 6. The van der Waals surface area contributed by atoms with Gasteiger partial charge in [-0.2, -0.15) is 0 Å². The zero-order valence-corrected chi connectivity index (χ0v) is 15.3. The van der Waals surface area contributed by atoms with E-state index in [9.17, 15) is 4.79 Å². The fourth-order valence-electron chi connectivity index (χ4n) is 2.35. The largest absolute Gasteiger partial charge is 0.483 e. The topological polar surface area (TPSA) is 38.3 Å². The van der Waals surface area contributed by atoms with Crippen molar-refractivity contribution in [3.8, 4) is 5.75 Å². The highest BCUT2D eigenvalue weighted by Gasteiger charge is 2.12. The molecule has 2 aromatic rings. The normalized spacial score (nSPS) is 12.0. The van der Waals surface area contributed by atoms with Crippen LogP contribution >= 0.6 is 15.9 Å². The molecule has 4 heteroatoms. The van der Waals surface area contributed by atoms with E-state index in [1.165, 1.54) is 0 Å². The van der Waals surface area contributed by atoms with Crippen LogP contribution in [0.3, 0.4) is 0 Å². The Hall–Kier alpha value is -1.81. The number of benzene rings is 2. The van der Waals surface area contributed by atoms with Crippen molar-refractivity contribution in [2.45, 2.75) is 32.7 Å². The molecule has 0 aromatic heterocycles. The minimum atomic E-state index is -0.126. The van der Waals surface area contributed by atoms with Gasteiger partial charge >= 0.3 is 0 Å². The average molecular weight is 376 g/mol. The summed E-state index contributed by atoms with van der Waals surface area (Å²) < 4.78 is 6.72. The van der Waals surface area contributed by atoms with Crippen molar-refractivity contribution in [2.75, 3.05) is 6.61 Å². The average Bonchev–Trinajstić information content (AvgIpc) is 2.53. The summed E-state index contributed by atoms with van der Waals surface area (Å²) in [5.41, 5.74) is 2.17. The number of amides is 1. The van der Waals surface area contributed by atoms with Crippen LogP contribution in [0.5, 0.6) is 5.75 Å². The Kier molecular flexibility index (Phi) is 6.22. The number of nitrogens with one attached hydrogen (secondary N) is 1. The second-order valence-electron chi connectivity index (χ2n) is 5.82. The summed E-state index contributed by atoms with van der Waals surface area (Å²) >= 11 is 3.41. The van der Waals surface area contributed by atoms with Crippen LogP contribution in [0.15, 0.2) is 53.0 Å². The van der Waals surface area contributed by atoms with Crippen LogP contribution in [0.4, 0.5) is 0 Å². The first-order valence-electron chi connectivity index (χ1n) is 7.74. The SMILES string of the molecule is CC(C)c1ccccc1OCC(=O)N[C@H](C)c1ccc(Br)cc1. The second-order valence-corrected chi connectivity index (χ2v) is 6.74. The van der Waals surface area contributed by atoms with Crippen molar-refractivity contribution in [1.82, 2.24) is 5.32 Å². The van der Waals surface area contributed by atoms with Crippen LogP contribution in [-0.4, -0.2) is 12.5 Å². The highest BCUT2D eigenvalue weighted by molar-refractivity contribution is 9.10. The maximum Gasteiger partial charge on any atom is 0.258 e. The number of ether oxygens (including phenoxy) is 1. The summed E-state index contributed by atoms with van der Waals surface area (Å²) in [6.45, 7) is 6.20. The van der Waals surface area contributed by atoms with E-state index in [2.05, 4.69) is 35.1 Å². The van der Waals surface area contributed by atoms with E-state index in [0.29, 0.717) is 5.92 Å². The molecule has 122 valence electrons. The molecular weight excluding hydrogens is 354 g/mol. The Morgan fingerprint density at radius 2 is 1.74 bits per heavy atom. The van der Waals surface area contributed by atoms with Gasteiger partial charge in [-0.05, 0) is 42.2 Å². The van der Waals surface area contributed by atoms with Gasteiger partial charge in [-0.3, -0.25) is 4.79 Å². The van der Waals surface area contributed by atoms with Crippen LogP contribution in [0.1, 0.15) is 43.9 Å². The number of carbonyl (C=O) groups excluding carboxylic acids is 1. The van der Waals surface area contributed by atoms with Crippen molar-refractivity contribution < 1.29 is 9.53 Å². The monoisotopic (exact) mass is 375 g/mol. The van der Waals surface area contributed by atoms with E-state index in [-0.39, 0.29) is 18.6 Å². The van der Waals surface area contributed by atoms with Crippen LogP contribution in [0.25, 0.3) is 0 Å². The molecule has 1 atom stereocenters. The Morgan fingerprint density at radius 1 is 1.09 bits per heavy atom. The van der Waals surface area contributed by atoms with Gasteiger partial charge in [0, 0.05) is 4.47 Å². The third kappa shape index (κ3) is 5.10. The van der Waals surface area contributed by atoms with Gasteiger partial charge in [0.25, 0.3) is 5.91 Å². The molecule has 3 nitrogen and oxygen atoms in total. The molecule has 0 unspecified atom stereocenters. The Morgan fingerprint density at radius 3 is 2.39 bits per heavy atom. The molecule has 0 spiro atoms. The molecule has 23 heavy (non-hydrogen) atoms. The number of para-hydroxylation sites is 1. The van der Waals surface area contributed by atoms with Gasteiger partial charge in [-0.1, -0.05) is 60.1 Å². The molecule has 2 aromatic carbocycles. The molecule has 1 N–H and O–H groups in total. The summed E-state index contributed by atoms with van der Waals surface area (Å²) in [5, 5.41) is 2.96. The minimum Gasteiger partial charge on any atom is -0.483 e. The first kappa shape index (κ1) is 17.5. The minimum absolute atomic E-state index is 0.0185. The highest BCUT2D eigenvalue weighted by atomic mass is 79.9. The molecule has 0 aliphatic heterocycles. The van der Waals surface area contributed by atoms with E-state index in [0.717, 1.165) is 21.3 Å². The predicted molar refractivity (Wildman–Crippen MR) is 96.7 cm³/mol. The number of carbonyl (C=O) groups is 1. The first-order valence-corrected chi connectivity index (χ1v) is 8.53. The molecule has 2 rings (SSSR count). The molecular formula is C19H22BrNO2. The van der Waals surface area contributed by atoms with Gasteiger partial charge in [-0.15, -0.1) is 0 Å². The van der Waals surface area contributed by atoms with Gasteiger partial charge in [0.05, 0.1) is 6.04 Å². The van der Waals surface area contributed by atoms with Gasteiger partial charge in [0.15, 0.2) is 6.61 Å². The van der Waals surface area contributed by atoms with Gasteiger partial charge < -0.3 is 10.1 Å². The van der Waals surface area contributed by atoms with Crippen LogP contribution in [0, 0.1) is 0 Å². The number of hydrogen-bond donors (Lipinski definition) is 1. The summed E-state index contributed by atoms with van der Waals surface area (Å²) in [5.74, 6) is 1.00. The van der Waals surface area contributed by atoms with Crippen LogP contribution < -0.4 is 10.1 Å². The Bertz CT molecular complexity index is 653. The molecule has 1 amide bonds. The van der Waals surface area contributed by atoms with Gasteiger partial charge in [-0.25, -0.2) is 0 Å².